The quantitative estimate of drug-likeness (QED) is 0.519. The van der Waals surface area contributed by atoms with Gasteiger partial charge in [-0.25, -0.2) is 0 Å². The van der Waals surface area contributed by atoms with Gasteiger partial charge in [0, 0.05) is 8.95 Å². The van der Waals surface area contributed by atoms with E-state index in [9.17, 15) is 4.79 Å². The summed E-state index contributed by atoms with van der Waals surface area (Å²) in [5.74, 6) is 0.556. The van der Waals surface area contributed by atoms with Gasteiger partial charge in [0.1, 0.15) is 5.75 Å². The van der Waals surface area contributed by atoms with Crippen LogP contribution in [0, 0.1) is 12.8 Å². The molecule has 0 saturated carbocycles. The van der Waals surface area contributed by atoms with Crippen LogP contribution in [0.1, 0.15) is 29.8 Å². The molecule has 0 unspecified atom stereocenters. The largest absolute Gasteiger partial charge is 0.492 e. The molecule has 2 rings (SSSR count). The number of thiocarbonyl (C=S) groups is 1. The van der Waals surface area contributed by atoms with E-state index < -0.39 is 0 Å². The van der Waals surface area contributed by atoms with E-state index in [2.05, 4.69) is 56.3 Å². The van der Waals surface area contributed by atoms with Crippen LogP contribution in [0.5, 0.6) is 5.75 Å². The molecule has 2 aromatic carbocycles. The topological polar surface area (TPSA) is 50.4 Å². The van der Waals surface area contributed by atoms with Crippen LogP contribution in [0.25, 0.3) is 0 Å². The van der Waals surface area contributed by atoms with Crippen molar-refractivity contribution in [3.05, 3.63) is 56.5 Å². The third-order valence-corrected chi connectivity index (χ3v) is 4.71. The number of nitrogens with one attached hydrogen (secondary N) is 2. The Morgan fingerprint density at radius 2 is 1.92 bits per heavy atom. The third kappa shape index (κ3) is 6.07. The molecule has 0 heterocycles. The van der Waals surface area contributed by atoms with Gasteiger partial charge in [-0.3, -0.25) is 10.1 Å². The maximum absolute atomic E-state index is 12.7. The number of ether oxygens (including phenoxy) is 1. The van der Waals surface area contributed by atoms with Crippen molar-refractivity contribution in [3.8, 4) is 5.75 Å². The first-order valence-corrected chi connectivity index (χ1v) is 10.1. The fourth-order valence-electron chi connectivity index (χ4n) is 2.11. The number of halogens is 2. The van der Waals surface area contributed by atoms with E-state index in [1.165, 1.54) is 0 Å². The molecule has 4 nitrogen and oxygen atoms in total. The van der Waals surface area contributed by atoms with Gasteiger partial charge in [-0.2, -0.15) is 0 Å². The molecule has 2 N–H and O–H groups in total. The molecule has 0 aliphatic rings. The van der Waals surface area contributed by atoms with Crippen LogP contribution in [0.15, 0.2) is 45.3 Å². The summed E-state index contributed by atoms with van der Waals surface area (Å²) < 4.78 is 7.42. The van der Waals surface area contributed by atoms with Crippen molar-refractivity contribution < 1.29 is 9.53 Å². The Morgan fingerprint density at radius 3 is 2.58 bits per heavy atom. The molecular weight excluding hydrogens is 480 g/mol. The zero-order valence-electron chi connectivity index (χ0n) is 14.7. The summed E-state index contributed by atoms with van der Waals surface area (Å²) in [6.45, 7) is 6.63. The fraction of sp³-hybridized carbons (Fsp3) is 0.263. The molecule has 0 aromatic heterocycles. The van der Waals surface area contributed by atoms with Gasteiger partial charge in [0.05, 0.1) is 17.9 Å². The number of hydrogen-bond acceptors (Lipinski definition) is 3. The number of anilines is 1. The molecule has 0 aliphatic heterocycles. The minimum absolute atomic E-state index is 0.217. The van der Waals surface area contributed by atoms with Gasteiger partial charge in [0.15, 0.2) is 5.11 Å². The fourth-order valence-corrected chi connectivity index (χ4v) is 3.26. The average molecular weight is 500 g/mol. The lowest BCUT2D eigenvalue weighted by Crippen LogP contribution is -2.34. The lowest BCUT2D eigenvalue weighted by atomic mass is 10.2. The van der Waals surface area contributed by atoms with E-state index in [0.29, 0.717) is 23.8 Å². The molecule has 0 radical (unpaired) electrons. The Bertz CT molecular complexity index is 825. The lowest BCUT2D eigenvalue weighted by Gasteiger charge is -2.15. The minimum atomic E-state index is -0.328. The molecule has 1 amide bonds. The van der Waals surface area contributed by atoms with Gasteiger partial charge in [0.25, 0.3) is 5.91 Å². The number of carbonyl (C=O) groups is 1. The first-order valence-electron chi connectivity index (χ1n) is 8.07. The molecule has 0 atom stereocenters. The number of carbonyl (C=O) groups excluding carboxylic acids is 1. The van der Waals surface area contributed by atoms with E-state index in [-0.39, 0.29) is 11.0 Å². The molecule has 0 aliphatic carbocycles. The van der Waals surface area contributed by atoms with Crippen LogP contribution in [-0.4, -0.2) is 17.6 Å². The molecule has 0 saturated heterocycles. The van der Waals surface area contributed by atoms with Crippen molar-refractivity contribution in [1.29, 1.82) is 0 Å². The van der Waals surface area contributed by atoms with Gasteiger partial charge in [-0.15, -0.1) is 0 Å². The van der Waals surface area contributed by atoms with E-state index in [0.717, 1.165) is 20.2 Å². The summed E-state index contributed by atoms with van der Waals surface area (Å²) in [5, 5.41) is 5.94. The van der Waals surface area contributed by atoms with Crippen molar-refractivity contribution in [2.24, 2.45) is 5.92 Å². The predicted molar refractivity (Wildman–Crippen MR) is 117 cm³/mol. The zero-order chi connectivity index (χ0) is 19.3. The highest BCUT2D eigenvalue weighted by Gasteiger charge is 2.15. The van der Waals surface area contributed by atoms with Gasteiger partial charge in [-0.1, -0.05) is 35.8 Å². The van der Waals surface area contributed by atoms with Crippen molar-refractivity contribution >= 4 is 60.8 Å². The van der Waals surface area contributed by atoms with Crippen LogP contribution in [0.3, 0.4) is 0 Å². The summed E-state index contributed by atoms with van der Waals surface area (Å²) in [6.07, 6.45) is 0. The number of aryl methyl sites for hydroxylation is 1. The first kappa shape index (κ1) is 20.9. The Labute approximate surface area is 176 Å². The maximum Gasteiger partial charge on any atom is 0.261 e. The first-order chi connectivity index (χ1) is 12.3. The summed E-state index contributed by atoms with van der Waals surface area (Å²) in [4.78, 5) is 12.7. The average Bonchev–Trinajstić information content (AvgIpc) is 2.56. The Kier molecular flexibility index (Phi) is 7.61. The summed E-state index contributed by atoms with van der Waals surface area (Å²) in [7, 11) is 0. The molecule has 0 bridgehead atoms. The molecule has 7 heteroatoms. The van der Waals surface area contributed by atoms with Crippen molar-refractivity contribution in [2.45, 2.75) is 20.8 Å². The number of rotatable bonds is 5. The molecule has 138 valence electrons. The molecule has 0 spiro atoms. The summed E-state index contributed by atoms with van der Waals surface area (Å²) >= 11 is 12.1. The van der Waals surface area contributed by atoms with Gasteiger partial charge in [-0.05, 0) is 76.9 Å². The van der Waals surface area contributed by atoms with Crippen LogP contribution < -0.4 is 15.4 Å². The summed E-state index contributed by atoms with van der Waals surface area (Å²) in [6, 6.07) is 11.2. The monoisotopic (exact) mass is 498 g/mol. The highest BCUT2D eigenvalue weighted by atomic mass is 79.9. The molecular formula is C19H20Br2N2O2S. The highest BCUT2D eigenvalue weighted by molar-refractivity contribution is 9.10. The standard InChI is InChI=1S/C19H20Br2N2O2S/c1-11(2)10-25-17-7-5-13(20)9-14(17)18(24)23-19(26)22-16-6-4-12(3)8-15(16)21/h4-9,11H,10H2,1-3H3,(H2,22,23,24,26). The van der Waals surface area contributed by atoms with Crippen LogP contribution in [0.4, 0.5) is 5.69 Å². The molecule has 2 aromatic rings. The van der Waals surface area contributed by atoms with Crippen LogP contribution in [0.2, 0.25) is 0 Å². The maximum atomic E-state index is 12.7. The Balaban J connectivity index is 2.11. The lowest BCUT2D eigenvalue weighted by molar-refractivity contribution is 0.0973. The van der Waals surface area contributed by atoms with Crippen LogP contribution >= 0.6 is 44.1 Å². The summed E-state index contributed by atoms with van der Waals surface area (Å²) in [5.41, 5.74) is 2.33. The molecule has 26 heavy (non-hydrogen) atoms. The van der Waals surface area contributed by atoms with Crippen molar-refractivity contribution in [2.75, 3.05) is 11.9 Å². The second-order valence-electron chi connectivity index (χ2n) is 6.24. The number of benzene rings is 2. The third-order valence-electron chi connectivity index (χ3n) is 3.36. The normalized spacial score (nSPS) is 10.5. The number of amides is 1. The SMILES string of the molecule is Cc1ccc(NC(=S)NC(=O)c2cc(Br)ccc2OCC(C)C)c(Br)c1. The van der Waals surface area contributed by atoms with Crippen molar-refractivity contribution in [1.82, 2.24) is 5.32 Å². The van der Waals surface area contributed by atoms with Gasteiger partial charge >= 0.3 is 0 Å². The van der Waals surface area contributed by atoms with Gasteiger partial charge in [0.2, 0.25) is 0 Å². The van der Waals surface area contributed by atoms with E-state index in [1.54, 1.807) is 12.1 Å². The van der Waals surface area contributed by atoms with Crippen molar-refractivity contribution in [3.63, 3.8) is 0 Å². The zero-order valence-corrected chi connectivity index (χ0v) is 18.7. The second kappa shape index (κ2) is 9.48. The highest BCUT2D eigenvalue weighted by Crippen LogP contribution is 2.25. The predicted octanol–water partition coefficient (Wildman–Crippen LogP) is 5.68. The smallest absolute Gasteiger partial charge is 0.261 e. The van der Waals surface area contributed by atoms with E-state index >= 15 is 0 Å². The Hall–Kier alpha value is -1.44. The van der Waals surface area contributed by atoms with Crippen LogP contribution in [-0.2, 0) is 0 Å². The van der Waals surface area contributed by atoms with E-state index in [1.807, 2.05) is 31.2 Å². The minimum Gasteiger partial charge on any atom is -0.492 e. The molecule has 0 fully saturated rings. The number of hydrogen-bond donors (Lipinski definition) is 2. The van der Waals surface area contributed by atoms with Gasteiger partial charge < -0.3 is 10.1 Å². The van der Waals surface area contributed by atoms with E-state index in [4.69, 9.17) is 17.0 Å². The second-order valence-corrected chi connectivity index (χ2v) is 8.42. The Morgan fingerprint density at radius 1 is 1.19 bits per heavy atom.